The molecule has 0 spiro atoms. The van der Waals surface area contributed by atoms with E-state index in [1.54, 1.807) is 0 Å². The van der Waals surface area contributed by atoms with Gasteiger partial charge in [-0.1, -0.05) is 65.8 Å². The number of ether oxygens (including phenoxy) is 1. The third-order valence-electron chi connectivity index (χ3n) is 3.25. The van der Waals surface area contributed by atoms with E-state index in [-0.39, 0.29) is 0 Å². The third kappa shape index (κ3) is 6.98. The van der Waals surface area contributed by atoms with Gasteiger partial charge in [-0.15, -0.1) is 0 Å². The highest BCUT2D eigenvalue weighted by molar-refractivity contribution is 5.78. The Morgan fingerprint density at radius 3 is 2.13 bits per heavy atom. The molecule has 0 bridgehead atoms. The molecule has 0 radical (unpaired) electrons. The number of oxime groups is 1. The van der Waals surface area contributed by atoms with Crippen LogP contribution in [-0.4, -0.2) is 38.0 Å². The molecular weight excluding hydrogens is 288 g/mol. The average molecular weight is 312 g/mol. The van der Waals surface area contributed by atoms with Gasteiger partial charge >= 0.3 is 0 Å². The minimum atomic E-state index is 0.441. The van der Waals surface area contributed by atoms with E-state index in [0.29, 0.717) is 25.5 Å². The number of hydrogen-bond donors (Lipinski definition) is 0. The molecule has 0 N–H and O–H groups in total. The zero-order valence-electron chi connectivity index (χ0n) is 13.8. The zero-order valence-corrected chi connectivity index (χ0v) is 13.8. The molecule has 0 fully saturated rings. The highest BCUT2D eigenvalue weighted by Gasteiger charge is 2.05. The first-order valence-electron chi connectivity index (χ1n) is 7.78. The SMILES string of the molecule is CN(C)CCO/C(Cc1ccccc1)=N/OCc1ccccc1. The van der Waals surface area contributed by atoms with Crippen LogP contribution in [0.2, 0.25) is 0 Å². The van der Waals surface area contributed by atoms with Gasteiger partial charge in [0.1, 0.15) is 13.2 Å². The van der Waals surface area contributed by atoms with Crippen molar-refractivity contribution in [1.82, 2.24) is 4.90 Å². The summed E-state index contributed by atoms with van der Waals surface area (Å²) in [5, 5.41) is 4.19. The van der Waals surface area contributed by atoms with Gasteiger partial charge in [0.15, 0.2) is 0 Å². The van der Waals surface area contributed by atoms with E-state index in [1.807, 2.05) is 62.6 Å². The van der Waals surface area contributed by atoms with Crippen molar-refractivity contribution in [3.05, 3.63) is 71.8 Å². The van der Waals surface area contributed by atoms with Gasteiger partial charge in [-0.2, -0.15) is 0 Å². The Balaban J connectivity index is 1.92. The fourth-order valence-corrected chi connectivity index (χ4v) is 1.98. The lowest BCUT2D eigenvalue weighted by Crippen LogP contribution is -2.21. The molecule has 2 aromatic carbocycles. The molecule has 0 heterocycles. The number of likely N-dealkylation sites (N-methyl/N-ethyl adjacent to an activating group) is 1. The number of nitrogens with zero attached hydrogens (tertiary/aromatic N) is 2. The lowest BCUT2D eigenvalue weighted by molar-refractivity contribution is 0.116. The van der Waals surface area contributed by atoms with Crippen LogP contribution < -0.4 is 0 Å². The van der Waals surface area contributed by atoms with Crippen LogP contribution in [0.15, 0.2) is 65.8 Å². The molecule has 0 saturated heterocycles. The molecule has 4 heteroatoms. The molecule has 122 valence electrons. The normalized spacial score (nSPS) is 11.5. The van der Waals surface area contributed by atoms with E-state index in [9.17, 15) is 0 Å². The second-order valence-corrected chi connectivity index (χ2v) is 5.56. The smallest absolute Gasteiger partial charge is 0.230 e. The van der Waals surface area contributed by atoms with Crippen LogP contribution in [0.4, 0.5) is 0 Å². The minimum absolute atomic E-state index is 0.441. The molecule has 2 rings (SSSR count). The Labute approximate surface area is 138 Å². The van der Waals surface area contributed by atoms with Crippen LogP contribution in [-0.2, 0) is 22.6 Å². The van der Waals surface area contributed by atoms with Crippen molar-refractivity contribution < 1.29 is 9.57 Å². The summed E-state index contributed by atoms with van der Waals surface area (Å²) in [6, 6.07) is 20.1. The first-order valence-corrected chi connectivity index (χ1v) is 7.78. The summed E-state index contributed by atoms with van der Waals surface area (Å²) in [5.74, 6) is 0.606. The average Bonchev–Trinajstić information content (AvgIpc) is 2.56. The molecule has 0 aliphatic rings. The molecule has 23 heavy (non-hydrogen) atoms. The molecule has 4 nitrogen and oxygen atoms in total. The van der Waals surface area contributed by atoms with Gasteiger partial charge < -0.3 is 14.5 Å². The van der Waals surface area contributed by atoms with Gasteiger partial charge in [-0.25, -0.2) is 0 Å². The summed E-state index contributed by atoms with van der Waals surface area (Å²) >= 11 is 0. The van der Waals surface area contributed by atoms with Crippen LogP contribution >= 0.6 is 0 Å². The van der Waals surface area contributed by atoms with Crippen molar-refractivity contribution in [1.29, 1.82) is 0 Å². The van der Waals surface area contributed by atoms with Gasteiger partial charge in [0.25, 0.3) is 0 Å². The summed E-state index contributed by atoms with van der Waals surface area (Å²) in [6.45, 7) is 1.87. The Kier molecular flexibility index (Phi) is 7.14. The van der Waals surface area contributed by atoms with Crippen molar-refractivity contribution in [2.45, 2.75) is 13.0 Å². The number of rotatable bonds is 8. The van der Waals surface area contributed by atoms with Gasteiger partial charge in [0.05, 0.1) is 6.42 Å². The molecule has 0 aromatic heterocycles. The van der Waals surface area contributed by atoms with E-state index >= 15 is 0 Å². The highest BCUT2D eigenvalue weighted by atomic mass is 16.6. The fourth-order valence-electron chi connectivity index (χ4n) is 1.98. The van der Waals surface area contributed by atoms with E-state index in [0.717, 1.165) is 17.7 Å². The maximum atomic E-state index is 5.78. The van der Waals surface area contributed by atoms with Crippen LogP contribution in [0.3, 0.4) is 0 Å². The summed E-state index contributed by atoms with van der Waals surface area (Å²) < 4.78 is 5.78. The van der Waals surface area contributed by atoms with Crippen LogP contribution in [0.25, 0.3) is 0 Å². The maximum Gasteiger partial charge on any atom is 0.230 e. The molecule has 0 saturated carbocycles. The molecule has 2 aromatic rings. The van der Waals surface area contributed by atoms with E-state index in [1.165, 1.54) is 0 Å². The maximum absolute atomic E-state index is 5.78. The van der Waals surface area contributed by atoms with Gasteiger partial charge in [0, 0.05) is 6.54 Å². The molecule has 0 aliphatic heterocycles. The summed E-state index contributed by atoms with van der Waals surface area (Å²) in [4.78, 5) is 7.54. The highest BCUT2D eigenvalue weighted by Crippen LogP contribution is 2.05. The van der Waals surface area contributed by atoms with Crippen molar-refractivity contribution in [2.24, 2.45) is 5.16 Å². The monoisotopic (exact) mass is 312 g/mol. The lowest BCUT2D eigenvalue weighted by atomic mass is 10.1. The predicted octanol–water partition coefficient (Wildman–Crippen LogP) is 3.34. The van der Waals surface area contributed by atoms with Gasteiger partial charge in [-0.05, 0) is 25.2 Å². The Bertz CT molecular complexity index is 583. The molecular formula is C19H24N2O2. The Morgan fingerprint density at radius 1 is 0.913 bits per heavy atom. The quantitative estimate of drug-likeness (QED) is 0.426. The van der Waals surface area contributed by atoms with Crippen molar-refractivity contribution >= 4 is 5.90 Å². The van der Waals surface area contributed by atoms with E-state index in [4.69, 9.17) is 9.57 Å². The summed E-state index contributed by atoms with van der Waals surface area (Å²) in [7, 11) is 4.03. The first-order chi connectivity index (χ1) is 11.2. The van der Waals surface area contributed by atoms with E-state index < -0.39 is 0 Å². The van der Waals surface area contributed by atoms with E-state index in [2.05, 4.69) is 22.2 Å². The van der Waals surface area contributed by atoms with Crippen LogP contribution in [0, 0.1) is 0 Å². The predicted molar refractivity (Wildman–Crippen MR) is 93.3 cm³/mol. The van der Waals surface area contributed by atoms with Crippen molar-refractivity contribution in [3.8, 4) is 0 Å². The second-order valence-electron chi connectivity index (χ2n) is 5.56. The molecule has 0 atom stereocenters. The topological polar surface area (TPSA) is 34.1 Å². The zero-order chi connectivity index (χ0) is 16.3. The third-order valence-corrected chi connectivity index (χ3v) is 3.25. The summed E-state index contributed by atoms with van der Waals surface area (Å²) in [5.41, 5.74) is 2.24. The number of benzene rings is 2. The molecule has 0 amide bonds. The minimum Gasteiger partial charge on any atom is -0.477 e. The summed E-state index contributed by atoms with van der Waals surface area (Å²) in [6.07, 6.45) is 0.628. The number of hydrogen-bond acceptors (Lipinski definition) is 4. The molecule has 0 aliphatic carbocycles. The van der Waals surface area contributed by atoms with Crippen LogP contribution in [0.1, 0.15) is 11.1 Å². The first kappa shape index (κ1) is 17.0. The molecule has 0 unspecified atom stereocenters. The van der Waals surface area contributed by atoms with Crippen LogP contribution in [0.5, 0.6) is 0 Å². The second kappa shape index (κ2) is 9.64. The van der Waals surface area contributed by atoms with Crippen molar-refractivity contribution in [2.75, 3.05) is 27.2 Å². The van der Waals surface area contributed by atoms with Gasteiger partial charge in [-0.3, -0.25) is 0 Å². The Morgan fingerprint density at radius 2 is 1.52 bits per heavy atom. The fraction of sp³-hybridized carbons (Fsp3) is 0.316. The largest absolute Gasteiger partial charge is 0.477 e. The standard InChI is InChI=1S/C19H24N2O2/c1-21(2)13-14-22-19(15-17-9-5-3-6-10-17)20-23-16-18-11-7-4-8-12-18/h3-12H,13-16H2,1-2H3/b20-19+. The van der Waals surface area contributed by atoms with Gasteiger partial charge in [0.2, 0.25) is 5.90 Å². The lowest BCUT2D eigenvalue weighted by Gasteiger charge is -2.12. The Hall–Kier alpha value is -2.33. The van der Waals surface area contributed by atoms with Crippen molar-refractivity contribution in [3.63, 3.8) is 0 Å².